The van der Waals surface area contributed by atoms with Crippen molar-refractivity contribution in [3.63, 3.8) is 0 Å². The predicted octanol–water partition coefficient (Wildman–Crippen LogP) is 2.75. The number of aliphatic hydroxyl groups is 1. The first kappa shape index (κ1) is 16.4. The third-order valence-corrected chi connectivity index (χ3v) is 3.20. The molecular weight excluding hydrogens is 256 g/mol. The standard InChI is InChI=1S/C15H24N2O3/c1-4-7-15(19,8-5-2)10-14(18)17-12-11-16-9-6-13(12)20-3/h6,9,11,19H,4-5,7-8,10H2,1-3H3,(H,17,18). The molecule has 1 heterocycles. The molecule has 20 heavy (non-hydrogen) atoms. The van der Waals surface area contributed by atoms with Gasteiger partial charge in [0.05, 0.1) is 25.3 Å². The van der Waals surface area contributed by atoms with Crippen LogP contribution in [0.4, 0.5) is 5.69 Å². The van der Waals surface area contributed by atoms with Crippen LogP contribution in [0.3, 0.4) is 0 Å². The Morgan fingerprint density at radius 1 is 1.40 bits per heavy atom. The first-order valence-corrected chi connectivity index (χ1v) is 7.05. The number of nitrogens with zero attached hydrogens (tertiary/aromatic N) is 1. The van der Waals surface area contributed by atoms with E-state index >= 15 is 0 Å². The molecular formula is C15H24N2O3. The van der Waals surface area contributed by atoms with E-state index in [-0.39, 0.29) is 12.3 Å². The molecule has 0 aromatic carbocycles. The number of hydrogen-bond donors (Lipinski definition) is 2. The molecule has 0 aliphatic heterocycles. The van der Waals surface area contributed by atoms with E-state index < -0.39 is 5.60 Å². The summed E-state index contributed by atoms with van der Waals surface area (Å²) in [4.78, 5) is 16.0. The summed E-state index contributed by atoms with van der Waals surface area (Å²) in [6.07, 6.45) is 6.16. The number of methoxy groups -OCH3 is 1. The average Bonchev–Trinajstić information content (AvgIpc) is 2.39. The molecule has 0 atom stereocenters. The Balaban J connectivity index is 2.70. The largest absolute Gasteiger partial charge is 0.494 e. The molecule has 5 heteroatoms. The Kier molecular flexibility index (Phi) is 6.45. The van der Waals surface area contributed by atoms with Gasteiger partial charge in [0.2, 0.25) is 5.91 Å². The summed E-state index contributed by atoms with van der Waals surface area (Å²) in [5, 5.41) is 13.2. The Bertz CT molecular complexity index is 429. The first-order valence-electron chi connectivity index (χ1n) is 7.05. The third kappa shape index (κ3) is 4.81. The maximum Gasteiger partial charge on any atom is 0.227 e. The predicted molar refractivity (Wildman–Crippen MR) is 78.8 cm³/mol. The quantitative estimate of drug-likeness (QED) is 0.768. The van der Waals surface area contributed by atoms with Crippen LogP contribution in [0, 0.1) is 0 Å². The summed E-state index contributed by atoms with van der Waals surface area (Å²) >= 11 is 0. The lowest BCUT2D eigenvalue weighted by Crippen LogP contribution is -2.33. The van der Waals surface area contributed by atoms with Gasteiger partial charge in [-0.25, -0.2) is 0 Å². The molecule has 0 aliphatic carbocycles. The van der Waals surface area contributed by atoms with Crippen molar-refractivity contribution in [2.45, 2.75) is 51.6 Å². The molecule has 5 nitrogen and oxygen atoms in total. The van der Waals surface area contributed by atoms with E-state index in [0.29, 0.717) is 24.3 Å². The van der Waals surface area contributed by atoms with Crippen molar-refractivity contribution >= 4 is 11.6 Å². The van der Waals surface area contributed by atoms with E-state index in [9.17, 15) is 9.90 Å². The van der Waals surface area contributed by atoms with Gasteiger partial charge in [0.25, 0.3) is 0 Å². The van der Waals surface area contributed by atoms with Crippen molar-refractivity contribution in [2.24, 2.45) is 0 Å². The molecule has 112 valence electrons. The second-order valence-electron chi connectivity index (χ2n) is 5.03. The highest BCUT2D eigenvalue weighted by Crippen LogP contribution is 2.26. The van der Waals surface area contributed by atoms with Gasteiger partial charge in [0.1, 0.15) is 11.4 Å². The minimum absolute atomic E-state index is 0.0900. The highest BCUT2D eigenvalue weighted by atomic mass is 16.5. The van der Waals surface area contributed by atoms with Gasteiger partial charge in [-0.05, 0) is 12.8 Å². The number of nitrogens with one attached hydrogen (secondary N) is 1. The smallest absolute Gasteiger partial charge is 0.227 e. The number of amides is 1. The minimum Gasteiger partial charge on any atom is -0.494 e. The van der Waals surface area contributed by atoms with Gasteiger partial charge < -0.3 is 15.2 Å². The number of carbonyl (C=O) groups is 1. The highest BCUT2D eigenvalue weighted by molar-refractivity contribution is 5.92. The molecule has 0 unspecified atom stereocenters. The average molecular weight is 280 g/mol. The molecule has 1 rings (SSSR count). The number of hydrogen-bond acceptors (Lipinski definition) is 4. The van der Waals surface area contributed by atoms with Crippen LogP contribution in [-0.2, 0) is 4.79 Å². The van der Waals surface area contributed by atoms with E-state index in [0.717, 1.165) is 12.8 Å². The molecule has 1 aromatic heterocycles. The van der Waals surface area contributed by atoms with Crippen molar-refractivity contribution in [1.82, 2.24) is 4.98 Å². The van der Waals surface area contributed by atoms with Gasteiger partial charge in [-0.2, -0.15) is 0 Å². The first-order chi connectivity index (χ1) is 9.54. The van der Waals surface area contributed by atoms with Crippen LogP contribution in [0.1, 0.15) is 46.0 Å². The molecule has 1 amide bonds. The normalized spacial score (nSPS) is 11.2. The summed E-state index contributed by atoms with van der Waals surface area (Å²) in [5.41, 5.74) is -0.404. The number of anilines is 1. The zero-order valence-electron chi connectivity index (χ0n) is 12.5. The van der Waals surface area contributed by atoms with E-state index in [1.165, 1.54) is 13.3 Å². The summed E-state index contributed by atoms with van der Waals surface area (Å²) in [5.74, 6) is 0.337. The zero-order valence-corrected chi connectivity index (χ0v) is 12.5. The molecule has 0 radical (unpaired) electrons. The maximum absolute atomic E-state index is 12.1. The molecule has 0 saturated carbocycles. The van der Waals surface area contributed by atoms with Crippen LogP contribution in [0.25, 0.3) is 0 Å². The lowest BCUT2D eigenvalue weighted by molar-refractivity contribution is -0.121. The Labute approximate surface area is 120 Å². The number of aromatic nitrogens is 1. The van der Waals surface area contributed by atoms with Crippen LogP contribution in [0.5, 0.6) is 5.75 Å². The number of ether oxygens (including phenoxy) is 1. The fourth-order valence-electron chi connectivity index (χ4n) is 2.38. The van der Waals surface area contributed by atoms with Crippen molar-refractivity contribution < 1.29 is 14.6 Å². The van der Waals surface area contributed by atoms with Crippen LogP contribution < -0.4 is 10.1 Å². The van der Waals surface area contributed by atoms with E-state index in [2.05, 4.69) is 10.3 Å². The molecule has 0 saturated heterocycles. The monoisotopic (exact) mass is 280 g/mol. The molecule has 1 aromatic rings. The van der Waals surface area contributed by atoms with E-state index in [1.54, 1.807) is 12.3 Å². The van der Waals surface area contributed by atoms with Crippen molar-refractivity contribution in [3.8, 4) is 5.75 Å². The maximum atomic E-state index is 12.1. The highest BCUT2D eigenvalue weighted by Gasteiger charge is 2.28. The third-order valence-electron chi connectivity index (χ3n) is 3.20. The van der Waals surface area contributed by atoms with Crippen LogP contribution in [0.15, 0.2) is 18.5 Å². The van der Waals surface area contributed by atoms with Gasteiger partial charge in [-0.1, -0.05) is 26.7 Å². The van der Waals surface area contributed by atoms with Gasteiger partial charge in [0, 0.05) is 12.3 Å². The fraction of sp³-hybridized carbons (Fsp3) is 0.600. The fourth-order valence-corrected chi connectivity index (χ4v) is 2.38. The van der Waals surface area contributed by atoms with Gasteiger partial charge in [-0.3, -0.25) is 9.78 Å². The zero-order chi connectivity index (χ0) is 15.0. The van der Waals surface area contributed by atoms with Crippen molar-refractivity contribution in [2.75, 3.05) is 12.4 Å². The lowest BCUT2D eigenvalue weighted by atomic mass is 9.89. The number of rotatable bonds is 8. The second kappa shape index (κ2) is 7.85. The molecule has 2 N–H and O–H groups in total. The second-order valence-corrected chi connectivity index (χ2v) is 5.03. The molecule has 0 fully saturated rings. The van der Waals surface area contributed by atoms with Gasteiger partial charge >= 0.3 is 0 Å². The van der Waals surface area contributed by atoms with Crippen molar-refractivity contribution in [3.05, 3.63) is 18.5 Å². The van der Waals surface area contributed by atoms with Crippen LogP contribution in [0.2, 0.25) is 0 Å². The molecule has 0 spiro atoms. The Hall–Kier alpha value is -1.62. The van der Waals surface area contributed by atoms with Gasteiger partial charge in [-0.15, -0.1) is 0 Å². The lowest BCUT2D eigenvalue weighted by Gasteiger charge is -2.26. The summed E-state index contributed by atoms with van der Waals surface area (Å²) in [7, 11) is 1.54. The summed E-state index contributed by atoms with van der Waals surface area (Å²) < 4.78 is 5.15. The SMILES string of the molecule is CCCC(O)(CCC)CC(=O)Nc1cnccc1OC. The van der Waals surface area contributed by atoms with E-state index in [4.69, 9.17) is 4.74 Å². The van der Waals surface area contributed by atoms with E-state index in [1.807, 2.05) is 13.8 Å². The molecule has 0 bridgehead atoms. The topological polar surface area (TPSA) is 71.5 Å². The Morgan fingerprint density at radius 2 is 2.05 bits per heavy atom. The van der Waals surface area contributed by atoms with Crippen LogP contribution in [-0.4, -0.2) is 28.7 Å². The molecule has 0 aliphatic rings. The minimum atomic E-state index is -0.928. The van der Waals surface area contributed by atoms with Crippen LogP contribution >= 0.6 is 0 Å². The van der Waals surface area contributed by atoms with Gasteiger partial charge in [0.15, 0.2) is 0 Å². The summed E-state index contributed by atoms with van der Waals surface area (Å²) in [6, 6.07) is 1.68. The number of pyridine rings is 1. The van der Waals surface area contributed by atoms with Crippen molar-refractivity contribution in [1.29, 1.82) is 0 Å². The Morgan fingerprint density at radius 3 is 2.60 bits per heavy atom. The summed E-state index contributed by atoms with van der Waals surface area (Å²) in [6.45, 7) is 4.01. The number of carbonyl (C=O) groups excluding carboxylic acids is 1.